The Kier molecular flexibility index (Phi) is 5.80. The lowest BCUT2D eigenvalue weighted by atomic mass is 9.89. The van der Waals surface area contributed by atoms with Gasteiger partial charge in [0.1, 0.15) is 12.0 Å². The van der Waals surface area contributed by atoms with Crippen molar-refractivity contribution >= 4 is 17.8 Å². The van der Waals surface area contributed by atoms with Crippen molar-refractivity contribution in [3.8, 4) is 0 Å². The summed E-state index contributed by atoms with van der Waals surface area (Å²) >= 11 is 0. The van der Waals surface area contributed by atoms with Gasteiger partial charge in [-0.15, -0.1) is 0 Å². The fourth-order valence-corrected chi connectivity index (χ4v) is 4.48. The molecule has 3 saturated heterocycles. The Bertz CT molecular complexity index is 777. The molecule has 0 radical (unpaired) electrons. The van der Waals surface area contributed by atoms with E-state index in [9.17, 15) is 18.8 Å². The van der Waals surface area contributed by atoms with Crippen LogP contribution in [0.4, 0.5) is 14.0 Å². The Balaban J connectivity index is 1.26. The highest BCUT2D eigenvalue weighted by molar-refractivity contribution is 5.98. The summed E-state index contributed by atoms with van der Waals surface area (Å²) in [4.78, 5) is 42.8. The number of rotatable bonds is 5. The van der Waals surface area contributed by atoms with Gasteiger partial charge in [-0.25, -0.2) is 18.9 Å². The van der Waals surface area contributed by atoms with Crippen molar-refractivity contribution in [2.24, 2.45) is 5.92 Å². The quantitative estimate of drug-likeness (QED) is 0.769. The number of halogens is 1. The number of nitrogens with zero attached hydrogens (tertiary/aromatic N) is 3. The molecule has 3 fully saturated rings. The zero-order valence-corrected chi connectivity index (χ0v) is 16.5. The fourth-order valence-electron chi connectivity index (χ4n) is 4.48. The Labute approximate surface area is 169 Å². The second-order valence-electron chi connectivity index (χ2n) is 8.08. The summed E-state index contributed by atoms with van der Waals surface area (Å²) in [6.45, 7) is 3.14. The molecule has 4 amide bonds. The van der Waals surface area contributed by atoms with E-state index >= 15 is 0 Å². The molecule has 29 heavy (non-hydrogen) atoms. The second kappa shape index (κ2) is 8.49. The maximum atomic E-state index is 13.1. The summed E-state index contributed by atoms with van der Waals surface area (Å²) in [7, 11) is 0. The van der Waals surface area contributed by atoms with Crippen LogP contribution in [-0.4, -0.2) is 71.4 Å². The van der Waals surface area contributed by atoms with Crippen molar-refractivity contribution in [3.05, 3.63) is 35.6 Å². The average Bonchev–Trinajstić information content (AvgIpc) is 2.74. The van der Waals surface area contributed by atoms with Crippen molar-refractivity contribution in [1.82, 2.24) is 20.0 Å². The minimum atomic E-state index is -0.344. The number of benzene rings is 1. The van der Waals surface area contributed by atoms with Gasteiger partial charge < -0.3 is 15.1 Å². The smallest absolute Gasteiger partial charge is 0.317 e. The highest BCUT2D eigenvalue weighted by Crippen LogP contribution is 2.23. The average molecular weight is 402 g/mol. The monoisotopic (exact) mass is 402 g/mol. The molecule has 7 nitrogen and oxygen atoms in total. The molecule has 0 aromatic heterocycles. The summed E-state index contributed by atoms with van der Waals surface area (Å²) in [6, 6.07) is 5.21. The van der Waals surface area contributed by atoms with E-state index in [1.165, 1.54) is 17.0 Å². The van der Waals surface area contributed by atoms with Crippen LogP contribution < -0.4 is 5.32 Å². The summed E-state index contributed by atoms with van der Waals surface area (Å²) < 4.78 is 13.1. The van der Waals surface area contributed by atoms with Crippen molar-refractivity contribution in [3.63, 3.8) is 0 Å². The largest absolute Gasteiger partial charge is 0.329 e. The summed E-state index contributed by atoms with van der Waals surface area (Å²) in [5, 5.41) is 2.93. The van der Waals surface area contributed by atoms with Crippen LogP contribution in [0.2, 0.25) is 0 Å². The molecule has 3 aliphatic rings. The molecule has 4 rings (SSSR count). The van der Waals surface area contributed by atoms with Crippen LogP contribution in [0.5, 0.6) is 0 Å². The second-order valence-corrected chi connectivity index (χ2v) is 8.08. The first kappa shape index (κ1) is 19.8. The molecule has 1 N–H and O–H groups in total. The number of ketones is 1. The van der Waals surface area contributed by atoms with Gasteiger partial charge in [-0.05, 0) is 69.5 Å². The van der Waals surface area contributed by atoms with Crippen molar-refractivity contribution < 1.29 is 18.8 Å². The third kappa shape index (κ3) is 4.27. The molecule has 156 valence electrons. The van der Waals surface area contributed by atoms with E-state index in [2.05, 4.69) is 10.2 Å². The number of amides is 4. The van der Waals surface area contributed by atoms with Gasteiger partial charge in [-0.1, -0.05) is 0 Å². The predicted molar refractivity (Wildman–Crippen MR) is 105 cm³/mol. The molecule has 3 aliphatic heterocycles. The SMILES string of the molecule is O=C(c1ccc(F)cc1)C1CCN(CCN2C(=O)NC3CCCCN3C2=O)CC1. The zero-order chi connectivity index (χ0) is 20.4. The number of piperidine rings is 2. The minimum absolute atomic E-state index is 0.0615. The van der Waals surface area contributed by atoms with Gasteiger partial charge >= 0.3 is 12.1 Å². The minimum Gasteiger partial charge on any atom is -0.317 e. The number of Topliss-reactive ketones (excluding diaryl/α,β-unsaturated/α-hetero) is 1. The topological polar surface area (TPSA) is 73.0 Å². The fraction of sp³-hybridized carbons (Fsp3) is 0.571. The number of hydrogen-bond acceptors (Lipinski definition) is 4. The van der Waals surface area contributed by atoms with Gasteiger partial charge in [0.25, 0.3) is 0 Å². The number of likely N-dealkylation sites (tertiary alicyclic amines) is 1. The summed E-state index contributed by atoms with van der Waals surface area (Å²) in [5.41, 5.74) is 0.552. The van der Waals surface area contributed by atoms with Crippen molar-refractivity contribution in [2.45, 2.75) is 38.3 Å². The van der Waals surface area contributed by atoms with E-state index in [4.69, 9.17) is 0 Å². The van der Waals surface area contributed by atoms with Gasteiger partial charge in [-0.3, -0.25) is 4.79 Å². The zero-order valence-electron chi connectivity index (χ0n) is 16.5. The number of hydrogen-bond donors (Lipinski definition) is 1. The Morgan fingerprint density at radius 1 is 1.00 bits per heavy atom. The molecule has 8 heteroatoms. The Morgan fingerprint density at radius 2 is 1.72 bits per heavy atom. The van der Waals surface area contributed by atoms with Crippen LogP contribution in [-0.2, 0) is 0 Å². The summed E-state index contributed by atoms with van der Waals surface area (Å²) in [5.74, 6) is -0.347. The van der Waals surface area contributed by atoms with Gasteiger partial charge in [0.2, 0.25) is 0 Å². The Hall–Kier alpha value is -2.48. The van der Waals surface area contributed by atoms with E-state index < -0.39 is 0 Å². The third-order valence-electron chi connectivity index (χ3n) is 6.24. The van der Waals surface area contributed by atoms with E-state index in [0.29, 0.717) is 25.2 Å². The molecule has 0 spiro atoms. The van der Waals surface area contributed by atoms with Crippen LogP contribution in [0.1, 0.15) is 42.5 Å². The van der Waals surface area contributed by atoms with E-state index in [0.717, 1.165) is 45.2 Å². The molecule has 1 unspecified atom stereocenters. The van der Waals surface area contributed by atoms with Crippen LogP contribution in [0, 0.1) is 11.7 Å². The van der Waals surface area contributed by atoms with E-state index in [1.54, 1.807) is 17.0 Å². The van der Waals surface area contributed by atoms with Crippen LogP contribution in [0.3, 0.4) is 0 Å². The Morgan fingerprint density at radius 3 is 2.45 bits per heavy atom. The van der Waals surface area contributed by atoms with Crippen LogP contribution in [0.25, 0.3) is 0 Å². The highest BCUT2D eigenvalue weighted by Gasteiger charge is 2.39. The number of carbonyl (C=O) groups excluding carboxylic acids is 3. The number of carbonyl (C=O) groups is 3. The lowest BCUT2D eigenvalue weighted by molar-refractivity contribution is 0.0759. The number of fused-ring (bicyclic) bond motifs is 1. The first-order chi connectivity index (χ1) is 14.0. The van der Waals surface area contributed by atoms with Gasteiger partial charge in [-0.2, -0.15) is 0 Å². The molecule has 1 aromatic rings. The number of imide groups is 1. The lowest BCUT2D eigenvalue weighted by Gasteiger charge is -2.44. The van der Waals surface area contributed by atoms with Gasteiger partial charge in [0, 0.05) is 31.1 Å². The standard InChI is InChI=1S/C21H27FN4O3/c22-17-6-4-15(5-7-17)19(27)16-8-11-24(12-9-16)13-14-26-20(28)23-18-3-1-2-10-25(18)21(26)29/h4-7,16,18H,1-3,8-14H2,(H,23,28). The maximum absolute atomic E-state index is 13.1. The first-order valence-corrected chi connectivity index (χ1v) is 10.4. The predicted octanol–water partition coefficient (Wildman–Crippen LogP) is 2.68. The van der Waals surface area contributed by atoms with Crippen LogP contribution in [0.15, 0.2) is 24.3 Å². The molecule has 1 aromatic carbocycles. The van der Waals surface area contributed by atoms with E-state index in [-0.39, 0.29) is 35.7 Å². The van der Waals surface area contributed by atoms with Crippen molar-refractivity contribution in [1.29, 1.82) is 0 Å². The maximum Gasteiger partial charge on any atom is 0.329 e. The lowest BCUT2D eigenvalue weighted by Crippen LogP contribution is -2.66. The number of nitrogens with one attached hydrogen (secondary N) is 1. The molecular formula is C21H27FN4O3. The highest BCUT2D eigenvalue weighted by atomic mass is 19.1. The molecule has 0 aliphatic carbocycles. The number of urea groups is 2. The molecule has 3 heterocycles. The normalized spacial score (nSPS) is 23.7. The first-order valence-electron chi connectivity index (χ1n) is 10.4. The van der Waals surface area contributed by atoms with Crippen LogP contribution >= 0.6 is 0 Å². The van der Waals surface area contributed by atoms with Gasteiger partial charge in [0.05, 0.1) is 0 Å². The van der Waals surface area contributed by atoms with Crippen molar-refractivity contribution in [2.75, 3.05) is 32.7 Å². The van der Waals surface area contributed by atoms with E-state index in [1.807, 2.05) is 0 Å². The third-order valence-corrected chi connectivity index (χ3v) is 6.24. The molecule has 0 saturated carbocycles. The summed E-state index contributed by atoms with van der Waals surface area (Å²) in [6.07, 6.45) is 4.12. The molecule has 1 atom stereocenters. The molecular weight excluding hydrogens is 375 g/mol. The van der Waals surface area contributed by atoms with Gasteiger partial charge in [0.15, 0.2) is 5.78 Å². The molecule has 0 bridgehead atoms.